The molecule has 0 spiro atoms. The Labute approximate surface area is 185 Å². The van der Waals surface area contributed by atoms with E-state index in [4.69, 9.17) is 0 Å². The van der Waals surface area contributed by atoms with Crippen molar-refractivity contribution in [3.8, 4) is 0 Å². The number of nitrogens with one attached hydrogen (secondary N) is 1. The lowest BCUT2D eigenvalue weighted by molar-refractivity contribution is -0.134. The van der Waals surface area contributed by atoms with Gasteiger partial charge in [-0.2, -0.15) is 0 Å². The fourth-order valence-electron chi connectivity index (χ4n) is 4.21. The molecule has 2 aromatic rings. The maximum atomic E-state index is 13.6. The summed E-state index contributed by atoms with van der Waals surface area (Å²) in [4.78, 5) is 30.0. The van der Waals surface area contributed by atoms with E-state index in [0.29, 0.717) is 12.6 Å². The molecule has 0 aromatic heterocycles. The SMILES string of the molecule is CC[C@H](C(=O)N(Cc1cc(NC(=O)C2CC2)ccc1N(C)C)C1CC1)c1ccccc1. The topological polar surface area (TPSA) is 52.7 Å². The van der Waals surface area contributed by atoms with Crippen molar-refractivity contribution >= 4 is 23.2 Å². The standard InChI is InChI=1S/C26H33N3O2/c1-4-23(18-8-6-5-7-9-18)26(31)29(22-13-14-22)17-20-16-21(12-15-24(20)28(2)3)27-25(30)19-10-11-19/h5-9,12,15-16,19,22-23H,4,10-11,13-14,17H2,1-3H3,(H,27,30)/t23-/m0/s1. The summed E-state index contributed by atoms with van der Waals surface area (Å²) in [6.07, 6.45) is 4.87. The van der Waals surface area contributed by atoms with Crippen LogP contribution in [0.25, 0.3) is 0 Å². The van der Waals surface area contributed by atoms with Crippen molar-refractivity contribution in [2.75, 3.05) is 24.3 Å². The van der Waals surface area contributed by atoms with Crippen LogP contribution < -0.4 is 10.2 Å². The number of amides is 2. The third-order valence-corrected chi connectivity index (χ3v) is 6.30. The number of hydrogen-bond acceptors (Lipinski definition) is 3. The average molecular weight is 420 g/mol. The van der Waals surface area contributed by atoms with E-state index < -0.39 is 0 Å². The van der Waals surface area contributed by atoms with E-state index in [1.54, 1.807) is 0 Å². The minimum absolute atomic E-state index is 0.105. The summed E-state index contributed by atoms with van der Waals surface area (Å²) < 4.78 is 0. The van der Waals surface area contributed by atoms with Gasteiger partial charge < -0.3 is 15.1 Å². The normalized spacial score (nSPS) is 16.5. The number of hydrogen-bond donors (Lipinski definition) is 1. The van der Waals surface area contributed by atoms with Gasteiger partial charge >= 0.3 is 0 Å². The molecule has 1 atom stereocenters. The summed E-state index contributed by atoms with van der Waals surface area (Å²) in [6.45, 7) is 2.65. The second kappa shape index (κ2) is 9.13. The number of rotatable bonds is 9. The first-order chi connectivity index (χ1) is 15.0. The van der Waals surface area contributed by atoms with Crippen LogP contribution in [0.1, 0.15) is 56.1 Å². The lowest BCUT2D eigenvalue weighted by atomic mass is 9.94. The quantitative estimate of drug-likeness (QED) is 0.636. The Morgan fingerprint density at radius 2 is 1.74 bits per heavy atom. The molecule has 0 bridgehead atoms. The summed E-state index contributed by atoms with van der Waals surface area (Å²) >= 11 is 0. The van der Waals surface area contributed by atoms with Gasteiger partial charge in [0.25, 0.3) is 0 Å². The molecule has 31 heavy (non-hydrogen) atoms. The van der Waals surface area contributed by atoms with Gasteiger partial charge in [0, 0.05) is 44.0 Å². The highest BCUT2D eigenvalue weighted by Gasteiger charge is 2.36. The van der Waals surface area contributed by atoms with Gasteiger partial charge in [-0.15, -0.1) is 0 Å². The van der Waals surface area contributed by atoms with Crippen molar-refractivity contribution in [3.05, 3.63) is 59.7 Å². The molecule has 0 unspecified atom stereocenters. The van der Waals surface area contributed by atoms with Gasteiger partial charge in [0.2, 0.25) is 11.8 Å². The Bertz CT molecular complexity index is 933. The number of anilines is 2. The summed E-state index contributed by atoms with van der Waals surface area (Å²) in [6, 6.07) is 16.5. The van der Waals surface area contributed by atoms with Crippen LogP contribution in [-0.2, 0) is 16.1 Å². The van der Waals surface area contributed by atoms with E-state index in [0.717, 1.165) is 54.6 Å². The predicted octanol–water partition coefficient (Wildman–Crippen LogP) is 4.79. The van der Waals surface area contributed by atoms with Gasteiger partial charge in [-0.3, -0.25) is 9.59 Å². The molecule has 2 aliphatic carbocycles. The van der Waals surface area contributed by atoms with Crippen molar-refractivity contribution in [2.45, 2.75) is 57.5 Å². The summed E-state index contributed by atoms with van der Waals surface area (Å²) in [5.74, 6) is 0.349. The van der Waals surface area contributed by atoms with Gasteiger partial charge in [0.1, 0.15) is 0 Å². The molecule has 2 aromatic carbocycles. The Balaban J connectivity index is 1.59. The van der Waals surface area contributed by atoms with Crippen LogP contribution in [0, 0.1) is 5.92 Å². The summed E-state index contributed by atoms with van der Waals surface area (Å²) in [7, 11) is 4.03. The van der Waals surface area contributed by atoms with Crippen molar-refractivity contribution < 1.29 is 9.59 Å². The van der Waals surface area contributed by atoms with Crippen LogP contribution >= 0.6 is 0 Å². The molecule has 0 saturated heterocycles. The number of benzene rings is 2. The molecule has 5 heteroatoms. The Hall–Kier alpha value is -2.82. The Morgan fingerprint density at radius 3 is 2.32 bits per heavy atom. The number of carbonyl (C=O) groups is 2. The highest BCUT2D eigenvalue weighted by atomic mass is 16.2. The highest BCUT2D eigenvalue weighted by Crippen LogP contribution is 2.35. The Kier molecular flexibility index (Phi) is 6.30. The van der Waals surface area contributed by atoms with Gasteiger partial charge in [0.05, 0.1) is 5.92 Å². The Morgan fingerprint density at radius 1 is 1.03 bits per heavy atom. The molecule has 0 radical (unpaired) electrons. The van der Waals surface area contributed by atoms with E-state index in [9.17, 15) is 9.59 Å². The van der Waals surface area contributed by atoms with Crippen molar-refractivity contribution in [1.82, 2.24) is 4.90 Å². The smallest absolute Gasteiger partial charge is 0.230 e. The fraction of sp³-hybridized carbons (Fsp3) is 0.462. The van der Waals surface area contributed by atoms with E-state index >= 15 is 0 Å². The second-order valence-electron chi connectivity index (χ2n) is 9.07. The molecule has 2 amide bonds. The van der Waals surface area contributed by atoms with Gasteiger partial charge in [-0.25, -0.2) is 0 Å². The average Bonchev–Trinajstić information content (AvgIpc) is 3.65. The maximum absolute atomic E-state index is 13.6. The molecular weight excluding hydrogens is 386 g/mol. The number of carbonyl (C=O) groups excluding carboxylic acids is 2. The van der Waals surface area contributed by atoms with Crippen LogP contribution in [0.5, 0.6) is 0 Å². The summed E-state index contributed by atoms with van der Waals surface area (Å²) in [5, 5.41) is 3.06. The van der Waals surface area contributed by atoms with Crippen LogP contribution in [0.15, 0.2) is 48.5 Å². The van der Waals surface area contributed by atoms with Gasteiger partial charge in [0.15, 0.2) is 0 Å². The van der Waals surface area contributed by atoms with Crippen molar-refractivity contribution in [2.24, 2.45) is 5.92 Å². The van der Waals surface area contributed by atoms with Crippen molar-refractivity contribution in [3.63, 3.8) is 0 Å². The fourth-order valence-corrected chi connectivity index (χ4v) is 4.21. The third kappa shape index (κ3) is 5.09. The molecule has 2 fully saturated rings. The molecule has 1 N–H and O–H groups in total. The highest BCUT2D eigenvalue weighted by molar-refractivity contribution is 5.94. The second-order valence-corrected chi connectivity index (χ2v) is 9.07. The number of nitrogens with zero attached hydrogens (tertiary/aromatic N) is 2. The predicted molar refractivity (Wildman–Crippen MR) is 125 cm³/mol. The minimum atomic E-state index is -0.123. The van der Waals surface area contributed by atoms with Crippen LogP contribution in [0.3, 0.4) is 0 Å². The monoisotopic (exact) mass is 419 g/mol. The molecule has 2 saturated carbocycles. The van der Waals surface area contributed by atoms with Crippen molar-refractivity contribution in [1.29, 1.82) is 0 Å². The molecular formula is C26H33N3O2. The van der Waals surface area contributed by atoms with Crippen LogP contribution in [0.2, 0.25) is 0 Å². The molecule has 0 heterocycles. The lowest BCUT2D eigenvalue weighted by Crippen LogP contribution is -2.36. The largest absolute Gasteiger partial charge is 0.377 e. The van der Waals surface area contributed by atoms with E-state index in [1.165, 1.54) is 0 Å². The lowest BCUT2D eigenvalue weighted by Gasteiger charge is -2.29. The molecule has 2 aliphatic rings. The third-order valence-electron chi connectivity index (χ3n) is 6.30. The minimum Gasteiger partial charge on any atom is -0.377 e. The zero-order valence-corrected chi connectivity index (χ0v) is 18.8. The molecule has 4 rings (SSSR count). The first kappa shape index (κ1) is 21.4. The first-order valence-corrected chi connectivity index (χ1v) is 11.4. The maximum Gasteiger partial charge on any atom is 0.230 e. The van der Waals surface area contributed by atoms with Gasteiger partial charge in [-0.1, -0.05) is 37.3 Å². The van der Waals surface area contributed by atoms with E-state index in [2.05, 4.69) is 34.2 Å². The summed E-state index contributed by atoms with van der Waals surface area (Å²) in [5.41, 5.74) is 4.05. The van der Waals surface area contributed by atoms with E-state index in [-0.39, 0.29) is 23.7 Å². The first-order valence-electron chi connectivity index (χ1n) is 11.4. The zero-order valence-electron chi connectivity index (χ0n) is 18.8. The molecule has 5 nitrogen and oxygen atoms in total. The van der Waals surface area contributed by atoms with Crippen LogP contribution in [-0.4, -0.2) is 36.9 Å². The van der Waals surface area contributed by atoms with Gasteiger partial charge in [-0.05, 0) is 61.4 Å². The van der Waals surface area contributed by atoms with Crippen LogP contribution in [0.4, 0.5) is 11.4 Å². The molecule has 0 aliphatic heterocycles. The van der Waals surface area contributed by atoms with E-state index in [1.807, 2.05) is 50.5 Å². The zero-order chi connectivity index (χ0) is 22.0. The molecule has 164 valence electrons.